The molecule has 1 saturated carbocycles. The van der Waals surface area contributed by atoms with Gasteiger partial charge in [-0.3, -0.25) is 0 Å². The van der Waals surface area contributed by atoms with Crippen LogP contribution in [-0.2, 0) is 6.42 Å². The molecule has 0 saturated heterocycles. The van der Waals surface area contributed by atoms with Gasteiger partial charge >= 0.3 is 0 Å². The van der Waals surface area contributed by atoms with Gasteiger partial charge in [-0.15, -0.1) is 0 Å². The van der Waals surface area contributed by atoms with E-state index >= 15 is 0 Å². The second-order valence-corrected chi connectivity index (χ2v) is 4.71. The number of nitrogens with two attached hydrogens (primary N) is 1. The fourth-order valence-corrected chi connectivity index (χ4v) is 2.19. The van der Waals surface area contributed by atoms with Gasteiger partial charge in [-0.2, -0.15) is 0 Å². The van der Waals surface area contributed by atoms with Crippen molar-refractivity contribution >= 4 is 5.82 Å². The van der Waals surface area contributed by atoms with Crippen LogP contribution >= 0.6 is 0 Å². The van der Waals surface area contributed by atoms with E-state index in [0.29, 0.717) is 12.6 Å². The molecule has 0 aromatic carbocycles. The number of rotatable bonds is 5. The molecule has 0 bridgehead atoms. The van der Waals surface area contributed by atoms with E-state index in [4.69, 9.17) is 5.73 Å². The van der Waals surface area contributed by atoms with E-state index in [-0.39, 0.29) is 0 Å². The van der Waals surface area contributed by atoms with Crippen LogP contribution in [0.1, 0.15) is 25.3 Å². The van der Waals surface area contributed by atoms with Crippen molar-refractivity contribution in [2.24, 2.45) is 11.7 Å². The Bertz CT molecular complexity index is 347. The summed E-state index contributed by atoms with van der Waals surface area (Å²) in [7, 11) is 2.14. The molecule has 0 spiro atoms. The molecule has 1 fully saturated rings. The fourth-order valence-electron chi connectivity index (χ4n) is 2.19. The summed E-state index contributed by atoms with van der Waals surface area (Å²) >= 11 is 0. The summed E-state index contributed by atoms with van der Waals surface area (Å²) in [4.78, 5) is 6.81. The Morgan fingerprint density at radius 3 is 2.94 bits per heavy atom. The standard InChI is InChI=1S/C13H21N3/c1-10(11-5-6-11)16(2)13-12(7-8-14)4-3-9-15-13/h3-4,9-11H,5-8,14H2,1-2H3. The minimum Gasteiger partial charge on any atom is -0.356 e. The van der Waals surface area contributed by atoms with Crippen LogP contribution in [-0.4, -0.2) is 24.6 Å². The average Bonchev–Trinajstić information content (AvgIpc) is 3.12. The third kappa shape index (κ3) is 2.35. The molecule has 2 N–H and O–H groups in total. The molecule has 1 atom stereocenters. The lowest BCUT2D eigenvalue weighted by atomic mass is 10.1. The highest BCUT2D eigenvalue weighted by molar-refractivity contribution is 5.47. The normalized spacial score (nSPS) is 17.2. The summed E-state index contributed by atoms with van der Waals surface area (Å²) in [6.07, 6.45) is 5.51. The molecule has 1 aliphatic rings. The number of hydrogen-bond acceptors (Lipinski definition) is 3. The Labute approximate surface area is 97.7 Å². The van der Waals surface area contributed by atoms with Crippen molar-refractivity contribution in [2.45, 2.75) is 32.2 Å². The molecule has 0 aliphatic heterocycles. The first-order chi connectivity index (χ1) is 7.74. The van der Waals surface area contributed by atoms with Crippen molar-refractivity contribution in [2.75, 3.05) is 18.5 Å². The number of anilines is 1. The van der Waals surface area contributed by atoms with E-state index in [9.17, 15) is 0 Å². The van der Waals surface area contributed by atoms with E-state index in [1.165, 1.54) is 18.4 Å². The number of pyridine rings is 1. The molecule has 1 aromatic heterocycles. The van der Waals surface area contributed by atoms with Crippen LogP contribution in [0.3, 0.4) is 0 Å². The smallest absolute Gasteiger partial charge is 0.131 e. The van der Waals surface area contributed by atoms with Crippen LogP contribution in [0.5, 0.6) is 0 Å². The van der Waals surface area contributed by atoms with Gasteiger partial charge in [0.05, 0.1) is 0 Å². The Balaban J connectivity index is 2.17. The summed E-state index contributed by atoms with van der Waals surface area (Å²) in [5, 5.41) is 0. The molecule has 3 heteroatoms. The highest BCUT2D eigenvalue weighted by atomic mass is 15.2. The first kappa shape index (κ1) is 11.4. The van der Waals surface area contributed by atoms with Gasteiger partial charge in [0.2, 0.25) is 0 Å². The van der Waals surface area contributed by atoms with Crippen molar-refractivity contribution in [3.05, 3.63) is 23.9 Å². The first-order valence-corrected chi connectivity index (χ1v) is 6.11. The van der Waals surface area contributed by atoms with Crippen molar-refractivity contribution in [3.8, 4) is 0 Å². The summed E-state index contributed by atoms with van der Waals surface area (Å²) in [6.45, 7) is 2.98. The minimum atomic E-state index is 0.589. The highest BCUT2D eigenvalue weighted by Gasteiger charge is 2.31. The largest absolute Gasteiger partial charge is 0.356 e. The Kier molecular flexibility index (Phi) is 3.44. The Morgan fingerprint density at radius 2 is 2.31 bits per heavy atom. The van der Waals surface area contributed by atoms with E-state index in [0.717, 1.165) is 18.2 Å². The molecule has 16 heavy (non-hydrogen) atoms. The summed E-state index contributed by atoms with van der Waals surface area (Å²) in [5.74, 6) is 1.96. The van der Waals surface area contributed by atoms with Crippen LogP contribution in [0.15, 0.2) is 18.3 Å². The molecule has 1 aliphatic carbocycles. The first-order valence-electron chi connectivity index (χ1n) is 6.11. The monoisotopic (exact) mass is 219 g/mol. The van der Waals surface area contributed by atoms with Crippen molar-refractivity contribution in [3.63, 3.8) is 0 Å². The Hall–Kier alpha value is -1.09. The number of nitrogens with zero attached hydrogens (tertiary/aromatic N) is 2. The van der Waals surface area contributed by atoms with Crippen molar-refractivity contribution in [1.82, 2.24) is 4.98 Å². The zero-order chi connectivity index (χ0) is 11.5. The zero-order valence-electron chi connectivity index (χ0n) is 10.2. The van der Waals surface area contributed by atoms with Gasteiger partial charge in [-0.05, 0) is 50.3 Å². The average molecular weight is 219 g/mol. The van der Waals surface area contributed by atoms with Crippen LogP contribution in [0, 0.1) is 5.92 Å². The molecule has 1 unspecified atom stereocenters. The second-order valence-electron chi connectivity index (χ2n) is 4.71. The third-order valence-corrected chi connectivity index (χ3v) is 3.53. The Morgan fingerprint density at radius 1 is 1.56 bits per heavy atom. The molecule has 1 aromatic rings. The van der Waals surface area contributed by atoms with Gasteiger partial charge in [-0.1, -0.05) is 6.07 Å². The van der Waals surface area contributed by atoms with Gasteiger partial charge < -0.3 is 10.6 Å². The third-order valence-electron chi connectivity index (χ3n) is 3.53. The van der Waals surface area contributed by atoms with Crippen molar-refractivity contribution in [1.29, 1.82) is 0 Å². The van der Waals surface area contributed by atoms with Gasteiger partial charge in [0, 0.05) is 19.3 Å². The van der Waals surface area contributed by atoms with Crippen LogP contribution in [0.25, 0.3) is 0 Å². The van der Waals surface area contributed by atoms with Gasteiger partial charge in [0.15, 0.2) is 0 Å². The molecular weight excluding hydrogens is 198 g/mol. The van der Waals surface area contributed by atoms with Gasteiger partial charge in [0.25, 0.3) is 0 Å². The van der Waals surface area contributed by atoms with Crippen LogP contribution in [0.4, 0.5) is 5.82 Å². The van der Waals surface area contributed by atoms with Crippen molar-refractivity contribution < 1.29 is 0 Å². The van der Waals surface area contributed by atoms with E-state index in [1.807, 2.05) is 12.3 Å². The van der Waals surface area contributed by atoms with Crippen LogP contribution < -0.4 is 10.6 Å². The van der Waals surface area contributed by atoms with Gasteiger partial charge in [0.1, 0.15) is 5.82 Å². The van der Waals surface area contributed by atoms with E-state index < -0.39 is 0 Å². The molecular formula is C13H21N3. The lowest BCUT2D eigenvalue weighted by molar-refractivity contribution is 0.601. The molecule has 2 rings (SSSR count). The minimum absolute atomic E-state index is 0.589. The maximum atomic E-state index is 5.63. The predicted molar refractivity (Wildman–Crippen MR) is 67.6 cm³/mol. The highest BCUT2D eigenvalue weighted by Crippen LogP contribution is 2.36. The zero-order valence-corrected chi connectivity index (χ0v) is 10.2. The fraction of sp³-hybridized carbons (Fsp3) is 0.615. The maximum absolute atomic E-state index is 5.63. The second kappa shape index (κ2) is 4.83. The quantitative estimate of drug-likeness (QED) is 0.821. The maximum Gasteiger partial charge on any atom is 0.131 e. The molecule has 1 heterocycles. The summed E-state index contributed by atoms with van der Waals surface area (Å²) in [6, 6.07) is 4.71. The predicted octanol–water partition coefficient (Wildman–Crippen LogP) is 1.82. The molecule has 88 valence electrons. The SMILES string of the molecule is CC(C1CC1)N(C)c1ncccc1CCN. The summed E-state index contributed by atoms with van der Waals surface area (Å²) in [5.41, 5.74) is 6.90. The lowest BCUT2D eigenvalue weighted by Crippen LogP contribution is -2.32. The molecule has 3 nitrogen and oxygen atoms in total. The van der Waals surface area contributed by atoms with E-state index in [1.54, 1.807) is 0 Å². The molecule has 0 radical (unpaired) electrons. The molecule has 0 amide bonds. The number of hydrogen-bond donors (Lipinski definition) is 1. The topological polar surface area (TPSA) is 42.2 Å². The summed E-state index contributed by atoms with van der Waals surface area (Å²) < 4.78 is 0. The van der Waals surface area contributed by atoms with E-state index in [2.05, 4.69) is 29.9 Å². The number of aromatic nitrogens is 1. The van der Waals surface area contributed by atoms with Crippen LogP contribution in [0.2, 0.25) is 0 Å². The van der Waals surface area contributed by atoms with Gasteiger partial charge in [-0.25, -0.2) is 4.98 Å². The lowest BCUT2D eigenvalue weighted by Gasteiger charge is -2.27.